The number of hydrogen-bond acceptors (Lipinski definition) is 2. The standard InChI is InChI=1S/C20H31FN4O/c1-5-26-19(14(2)3)9-11-24-20(22-4)23-10-8-15-13-25-18-7-6-16(21)12-17(15)18/h6-7,12-14,19,25H,5,8-11H2,1-4H3,(H2,22,23,24). The molecule has 2 aromatic rings. The number of aliphatic imine (C=N–C) groups is 1. The van der Waals surface area contributed by atoms with Crippen LogP contribution >= 0.6 is 0 Å². The van der Waals surface area contributed by atoms with Crippen molar-refractivity contribution < 1.29 is 9.13 Å². The fraction of sp³-hybridized carbons (Fsp3) is 0.550. The lowest BCUT2D eigenvalue weighted by Crippen LogP contribution is -2.40. The molecule has 0 bridgehead atoms. The summed E-state index contributed by atoms with van der Waals surface area (Å²) in [6, 6.07) is 4.82. The molecule has 26 heavy (non-hydrogen) atoms. The molecule has 0 radical (unpaired) electrons. The summed E-state index contributed by atoms with van der Waals surface area (Å²) in [6.07, 6.45) is 3.93. The minimum absolute atomic E-state index is 0.210. The number of benzene rings is 1. The Morgan fingerprint density at radius 2 is 2.04 bits per heavy atom. The molecule has 3 N–H and O–H groups in total. The van der Waals surface area contributed by atoms with E-state index in [4.69, 9.17) is 4.74 Å². The number of nitrogens with one attached hydrogen (secondary N) is 3. The maximum absolute atomic E-state index is 13.4. The number of aromatic nitrogens is 1. The third-order valence-corrected chi connectivity index (χ3v) is 4.49. The number of hydrogen-bond donors (Lipinski definition) is 3. The van der Waals surface area contributed by atoms with Crippen molar-refractivity contribution in [2.45, 2.75) is 39.7 Å². The van der Waals surface area contributed by atoms with Gasteiger partial charge in [-0.05, 0) is 49.4 Å². The maximum atomic E-state index is 13.4. The Balaban J connectivity index is 1.79. The third-order valence-electron chi connectivity index (χ3n) is 4.49. The van der Waals surface area contributed by atoms with Gasteiger partial charge in [-0.1, -0.05) is 13.8 Å². The number of halogens is 1. The highest BCUT2D eigenvalue weighted by molar-refractivity contribution is 5.83. The second kappa shape index (κ2) is 10.2. The lowest BCUT2D eigenvalue weighted by atomic mass is 10.0. The van der Waals surface area contributed by atoms with Gasteiger partial charge in [0.15, 0.2) is 5.96 Å². The minimum Gasteiger partial charge on any atom is -0.378 e. The largest absolute Gasteiger partial charge is 0.378 e. The summed E-state index contributed by atoms with van der Waals surface area (Å²) in [5.74, 6) is 1.06. The Labute approximate surface area is 155 Å². The minimum atomic E-state index is -0.210. The Bertz CT molecular complexity index is 711. The van der Waals surface area contributed by atoms with Crippen molar-refractivity contribution in [1.29, 1.82) is 0 Å². The van der Waals surface area contributed by atoms with Crippen LogP contribution in [0.2, 0.25) is 0 Å². The average Bonchev–Trinajstić information content (AvgIpc) is 3.01. The van der Waals surface area contributed by atoms with E-state index < -0.39 is 0 Å². The first kappa shape index (κ1) is 20.2. The van der Waals surface area contributed by atoms with Crippen LogP contribution in [-0.2, 0) is 11.2 Å². The van der Waals surface area contributed by atoms with Crippen LogP contribution < -0.4 is 10.6 Å². The van der Waals surface area contributed by atoms with E-state index in [0.717, 1.165) is 55.0 Å². The molecule has 0 amide bonds. The van der Waals surface area contributed by atoms with Crippen LogP contribution in [0, 0.1) is 11.7 Å². The topological polar surface area (TPSA) is 61.4 Å². The molecule has 2 rings (SSSR count). The van der Waals surface area contributed by atoms with Gasteiger partial charge < -0.3 is 20.4 Å². The molecule has 5 nitrogen and oxygen atoms in total. The molecule has 0 aliphatic carbocycles. The number of ether oxygens (including phenoxy) is 1. The van der Waals surface area contributed by atoms with Gasteiger partial charge in [-0.25, -0.2) is 4.39 Å². The van der Waals surface area contributed by atoms with Crippen LogP contribution in [0.15, 0.2) is 29.4 Å². The second-order valence-electron chi connectivity index (χ2n) is 6.71. The van der Waals surface area contributed by atoms with Gasteiger partial charge in [-0.3, -0.25) is 4.99 Å². The molecule has 1 atom stereocenters. The van der Waals surface area contributed by atoms with Gasteiger partial charge in [0.1, 0.15) is 5.82 Å². The zero-order valence-corrected chi connectivity index (χ0v) is 16.2. The first-order valence-electron chi connectivity index (χ1n) is 9.36. The molecule has 0 fully saturated rings. The first-order chi connectivity index (χ1) is 12.5. The smallest absolute Gasteiger partial charge is 0.190 e. The summed E-state index contributed by atoms with van der Waals surface area (Å²) < 4.78 is 19.2. The summed E-state index contributed by atoms with van der Waals surface area (Å²) >= 11 is 0. The summed E-state index contributed by atoms with van der Waals surface area (Å²) in [4.78, 5) is 7.44. The molecule has 0 aliphatic heterocycles. The number of guanidine groups is 1. The van der Waals surface area contributed by atoms with Gasteiger partial charge in [0.05, 0.1) is 6.10 Å². The van der Waals surface area contributed by atoms with E-state index in [9.17, 15) is 4.39 Å². The fourth-order valence-corrected chi connectivity index (χ4v) is 3.05. The zero-order valence-electron chi connectivity index (χ0n) is 16.2. The quantitative estimate of drug-likeness (QED) is 0.473. The summed E-state index contributed by atoms with van der Waals surface area (Å²) in [7, 11) is 1.76. The van der Waals surface area contributed by atoms with E-state index in [1.807, 2.05) is 13.1 Å². The molecule has 6 heteroatoms. The van der Waals surface area contributed by atoms with Crippen LogP contribution in [0.3, 0.4) is 0 Å². The van der Waals surface area contributed by atoms with Gasteiger partial charge >= 0.3 is 0 Å². The number of nitrogens with zero attached hydrogens (tertiary/aromatic N) is 1. The summed E-state index contributed by atoms with van der Waals surface area (Å²) in [5.41, 5.74) is 2.05. The lowest BCUT2D eigenvalue weighted by molar-refractivity contribution is 0.0258. The Hall–Kier alpha value is -2.08. The molecule has 0 aliphatic rings. The molecule has 144 valence electrons. The van der Waals surface area contributed by atoms with Gasteiger partial charge in [0.2, 0.25) is 0 Å². The van der Waals surface area contributed by atoms with E-state index >= 15 is 0 Å². The van der Waals surface area contributed by atoms with Crippen molar-refractivity contribution in [3.8, 4) is 0 Å². The normalized spacial score (nSPS) is 13.4. The molecule has 0 saturated carbocycles. The van der Waals surface area contributed by atoms with Crippen molar-refractivity contribution in [2.24, 2.45) is 10.9 Å². The van der Waals surface area contributed by atoms with Crippen molar-refractivity contribution in [3.63, 3.8) is 0 Å². The molecule has 1 unspecified atom stereocenters. The predicted octanol–water partition coefficient (Wildman–Crippen LogP) is 3.47. The maximum Gasteiger partial charge on any atom is 0.190 e. The zero-order chi connectivity index (χ0) is 18.9. The molecular weight excluding hydrogens is 331 g/mol. The lowest BCUT2D eigenvalue weighted by Gasteiger charge is -2.21. The number of aromatic amines is 1. The number of fused-ring (bicyclic) bond motifs is 1. The highest BCUT2D eigenvalue weighted by Gasteiger charge is 2.13. The molecule has 0 spiro atoms. The Morgan fingerprint density at radius 3 is 2.73 bits per heavy atom. The summed E-state index contributed by atoms with van der Waals surface area (Å²) in [5, 5.41) is 7.58. The van der Waals surface area contributed by atoms with E-state index in [2.05, 4.69) is 34.5 Å². The molecule has 1 aromatic heterocycles. The molecule has 1 aromatic carbocycles. The van der Waals surface area contributed by atoms with Crippen LogP contribution in [-0.4, -0.2) is 43.8 Å². The Kier molecular flexibility index (Phi) is 7.91. The summed E-state index contributed by atoms with van der Waals surface area (Å²) in [6.45, 7) is 8.65. The van der Waals surface area contributed by atoms with Gasteiger partial charge in [0, 0.05) is 43.8 Å². The second-order valence-corrected chi connectivity index (χ2v) is 6.71. The van der Waals surface area contributed by atoms with Crippen LogP contribution in [0.5, 0.6) is 0 Å². The number of rotatable bonds is 9. The van der Waals surface area contributed by atoms with Crippen LogP contribution in [0.25, 0.3) is 10.9 Å². The van der Waals surface area contributed by atoms with Gasteiger partial charge in [0.25, 0.3) is 0 Å². The predicted molar refractivity (Wildman–Crippen MR) is 106 cm³/mol. The highest BCUT2D eigenvalue weighted by atomic mass is 19.1. The van der Waals surface area contributed by atoms with E-state index in [0.29, 0.717) is 5.92 Å². The molecule has 1 heterocycles. The van der Waals surface area contributed by atoms with Crippen LogP contribution in [0.1, 0.15) is 32.8 Å². The monoisotopic (exact) mass is 362 g/mol. The van der Waals surface area contributed by atoms with Gasteiger partial charge in [-0.2, -0.15) is 0 Å². The third kappa shape index (κ3) is 5.73. The Morgan fingerprint density at radius 1 is 1.27 bits per heavy atom. The van der Waals surface area contributed by atoms with E-state index in [1.165, 1.54) is 6.07 Å². The molecule has 0 saturated heterocycles. The fourth-order valence-electron chi connectivity index (χ4n) is 3.05. The van der Waals surface area contributed by atoms with Crippen LogP contribution in [0.4, 0.5) is 4.39 Å². The SMILES string of the molecule is CCOC(CCNC(=NC)NCCc1c[nH]c2ccc(F)cc12)C(C)C. The van der Waals surface area contributed by atoms with Crippen molar-refractivity contribution in [2.75, 3.05) is 26.7 Å². The van der Waals surface area contributed by atoms with Gasteiger partial charge in [-0.15, -0.1) is 0 Å². The van der Waals surface area contributed by atoms with Crippen molar-refractivity contribution >= 4 is 16.9 Å². The van der Waals surface area contributed by atoms with Crippen molar-refractivity contribution in [1.82, 2.24) is 15.6 Å². The first-order valence-corrected chi connectivity index (χ1v) is 9.36. The molecular formula is C20H31FN4O. The number of H-pyrrole nitrogens is 1. The van der Waals surface area contributed by atoms with E-state index in [-0.39, 0.29) is 11.9 Å². The highest BCUT2D eigenvalue weighted by Crippen LogP contribution is 2.19. The van der Waals surface area contributed by atoms with Crippen molar-refractivity contribution in [3.05, 3.63) is 35.8 Å². The van der Waals surface area contributed by atoms with E-state index in [1.54, 1.807) is 19.2 Å². The average molecular weight is 362 g/mol.